The smallest absolute Gasteiger partial charge is 0.230 e. The Balaban J connectivity index is 1.91. The Morgan fingerprint density at radius 1 is 1.12 bits per heavy atom. The molecule has 2 heterocycles. The van der Waals surface area contributed by atoms with Crippen LogP contribution in [-0.2, 0) is 13.1 Å². The van der Waals surface area contributed by atoms with Crippen LogP contribution in [0.2, 0.25) is 5.15 Å². The number of halogens is 1. The molecular formula is C18H21ClN4O. The summed E-state index contributed by atoms with van der Waals surface area (Å²) in [6.45, 7) is 9.47. The van der Waals surface area contributed by atoms with Crippen molar-refractivity contribution in [2.24, 2.45) is 0 Å². The van der Waals surface area contributed by atoms with Crippen molar-refractivity contribution >= 4 is 22.5 Å². The van der Waals surface area contributed by atoms with Gasteiger partial charge in [-0.15, -0.1) is 10.2 Å². The largest absolute Gasteiger partial charge is 0.424 e. The van der Waals surface area contributed by atoms with Gasteiger partial charge in [-0.1, -0.05) is 29.8 Å². The van der Waals surface area contributed by atoms with Gasteiger partial charge < -0.3 is 4.42 Å². The Labute approximate surface area is 146 Å². The summed E-state index contributed by atoms with van der Waals surface area (Å²) in [6, 6.07) is 10.1. The second-order valence-corrected chi connectivity index (χ2v) is 7.23. The van der Waals surface area contributed by atoms with Crippen LogP contribution < -0.4 is 0 Å². The minimum Gasteiger partial charge on any atom is -0.424 e. The molecule has 0 amide bonds. The van der Waals surface area contributed by atoms with Gasteiger partial charge in [-0.25, -0.2) is 4.98 Å². The molecule has 0 aliphatic heterocycles. The Hall–Kier alpha value is -1.98. The zero-order valence-corrected chi connectivity index (χ0v) is 15.1. The number of aryl methyl sites for hydroxylation is 1. The van der Waals surface area contributed by atoms with Crippen molar-refractivity contribution in [3.63, 3.8) is 0 Å². The highest BCUT2D eigenvalue weighted by molar-refractivity contribution is 6.30. The summed E-state index contributed by atoms with van der Waals surface area (Å²) in [4.78, 5) is 6.76. The minimum absolute atomic E-state index is 0.0860. The molecule has 0 bridgehead atoms. The number of hydrogen-bond donors (Lipinski definition) is 0. The van der Waals surface area contributed by atoms with Gasteiger partial charge in [0.1, 0.15) is 5.15 Å². The minimum atomic E-state index is -0.0860. The number of para-hydroxylation sites is 1. The Bertz CT molecular complexity index is 854. The third-order valence-corrected chi connectivity index (χ3v) is 4.28. The van der Waals surface area contributed by atoms with Crippen molar-refractivity contribution in [1.29, 1.82) is 0 Å². The monoisotopic (exact) mass is 344 g/mol. The van der Waals surface area contributed by atoms with Crippen LogP contribution in [0.4, 0.5) is 0 Å². The van der Waals surface area contributed by atoms with E-state index in [4.69, 9.17) is 16.0 Å². The van der Waals surface area contributed by atoms with Crippen LogP contribution in [0.15, 0.2) is 34.7 Å². The standard InChI is InChI=1S/C18H21ClN4O/c1-12-21-22-16(24-12)11-23(18(2,3)4)10-14-9-13-7-5-6-8-15(13)20-17(14)19/h5-9H,10-11H2,1-4H3. The molecule has 0 spiro atoms. The maximum Gasteiger partial charge on any atom is 0.230 e. The molecule has 5 nitrogen and oxygen atoms in total. The number of nitrogens with zero attached hydrogens (tertiary/aromatic N) is 4. The maximum atomic E-state index is 6.42. The highest BCUT2D eigenvalue weighted by atomic mass is 35.5. The molecular weight excluding hydrogens is 324 g/mol. The zero-order chi connectivity index (χ0) is 17.3. The van der Waals surface area contributed by atoms with E-state index in [1.807, 2.05) is 24.3 Å². The lowest BCUT2D eigenvalue weighted by Gasteiger charge is -2.34. The molecule has 0 saturated carbocycles. The number of aromatic nitrogens is 3. The van der Waals surface area contributed by atoms with Crippen molar-refractivity contribution in [2.45, 2.75) is 46.3 Å². The predicted octanol–water partition coefficient (Wildman–Crippen LogP) is 4.38. The topological polar surface area (TPSA) is 55.1 Å². The second-order valence-electron chi connectivity index (χ2n) is 6.87. The van der Waals surface area contributed by atoms with Gasteiger partial charge in [-0.05, 0) is 32.9 Å². The van der Waals surface area contributed by atoms with Crippen molar-refractivity contribution in [2.75, 3.05) is 0 Å². The fourth-order valence-corrected chi connectivity index (χ4v) is 2.75. The van der Waals surface area contributed by atoms with Gasteiger partial charge in [0, 0.05) is 30.0 Å². The summed E-state index contributed by atoms with van der Waals surface area (Å²) in [5.41, 5.74) is 1.81. The van der Waals surface area contributed by atoms with E-state index in [0.717, 1.165) is 16.5 Å². The van der Waals surface area contributed by atoms with E-state index in [1.54, 1.807) is 6.92 Å². The van der Waals surface area contributed by atoms with E-state index in [9.17, 15) is 0 Å². The maximum absolute atomic E-state index is 6.42. The van der Waals surface area contributed by atoms with Gasteiger partial charge in [-0.2, -0.15) is 0 Å². The van der Waals surface area contributed by atoms with E-state index in [-0.39, 0.29) is 5.54 Å². The normalized spacial score (nSPS) is 12.2. The van der Waals surface area contributed by atoms with Crippen molar-refractivity contribution < 1.29 is 4.42 Å². The van der Waals surface area contributed by atoms with Crippen LogP contribution in [0.25, 0.3) is 10.9 Å². The fourth-order valence-electron chi connectivity index (χ4n) is 2.55. The molecule has 0 saturated heterocycles. The molecule has 0 radical (unpaired) electrons. The first-order valence-electron chi connectivity index (χ1n) is 7.91. The van der Waals surface area contributed by atoms with Crippen molar-refractivity contribution in [3.05, 3.63) is 52.8 Å². The first-order valence-corrected chi connectivity index (χ1v) is 8.29. The van der Waals surface area contributed by atoms with Gasteiger partial charge >= 0.3 is 0 Å². The Kier molecular flexibility index (Phi) is 4.56. The molecule has 0 unspecified atom stereocenters. The lowest BCUT2D eigenvalue weighted by molar-refractivity contribution is 0.106. The van der Waals surface area contributed by atoms with Crippen LogP contribution in [0.5, 0.6) is 0 Å². The van der Waals surface area contributed by atoms with E-state index in [1.165, 1.54) is 0 Å². The molecule has 0 atom stereocenters. The van der Waals surface area contributed by atoms with Gasteiger partial charge in [0.15, 0.2) is 0 Å². The average molecular weight is 345 g/mol. The molecule has 0 fully saturated rings. The summed E-state index contributed by atoms with van der Waals surface area (Å²) in [5, 5.41) is 9.63. The van der Waals surface area contributed by atoms with E-state index < -0.39 is 0 Å². The van der Waals surface area contributed by atoms with E-state index in [0.29, 0.717) is 30.0 Å². The Morgan fingerprint density at radius 2 is 1.88 bits per heavy atom. The second kappa shape index (κ2) is 6.49. The molecule has 6 heteroatoms. The lowest BCUT2D eigenvalue weighted by atomic mass is 10.0. The summed E-state index contributed by atoms with van der Waals surface area (Å²) in [7, 11) is 0. The molecule has 0 aliphatic carbocycles. The van der Waals surface area contributed by atoms with Crippen molar-refractivity contribution in [3.8, 4) is 0 Å². The van der Waals surface area contributed by atoms with Gasteiger partial charge in [-0.3, -0.25) is 4.90 Å². The summed E-state index contributed by atoms with van der Waals surface area (Å²) < 4.78 is 5.53. The van der Waals surface area contributed by atoms with E-state index >= 15 is 0 Å². The van der Waals surface area contributed by atoms with Crippen molar-refractivity contribution in [1.82, 2.24) is 20.1 Å². The molecule has 2 aromatic heterocycles. The molecule has 3 aromatic rings. The molecule has 24 heavy (non-hydrogen) atoms. The summed E-state index contributed by atoms with van der Waals surface area (Å²) in [5.74, 6) is 1.18. The number of pyridine rings is 1. The van der Waals surface area contributed by atoms with Crippen LogP contribution in [0.1, 0.15) is 38.1 Å². The average Bonchev–Trinajstić information content (AvgIpc) is 2.91. The highest BCUT2D eigenvalue weighted by Crippen LogP contribution is 2.26. The fraction of sp³-hybridized carbons (Fsp3) is 0.389. The molecule has 3 rings (SSSR count). The van der Waals surface area contributed by atoms with Crippen LogP contribution in [0.3, 0.4) is 0 Å². The summed E-state index contributed by atoms with van der Waals surface area (Å²) >= 11 is 6.42. The van der Waals surface area contributed by atoms with E-state index in [2.05, 4.69) is 46.9 Å². The third-order valence-electron chi connectivity index (χ3n) is 3.95. The molecule has 1 aromatic carbocycles. The molecule has 0 aliphatic rings. The first kappa shape index (κ1) is 16.9. The summed E-state index contributed by atoms with van der Waals surface area (Å²) in [6.07, 6.45) is 0. The molecule has 126 valence electrons. The first-order chi connectivity index (χ1) is 11.3. The van der Waals surface area contributed by atoms with Crippen LogP contribution in [0, 0.1) is 6.92 Å². The quantitative estimate of drug-likeness (QED) is 0.657. The van der Waals surface area contributed by atoms with Gasteiger partial charge in [0.25, 0.3) is 0 Å². The van der Waals surface area contributed by atoms with Crippen LogP contribution in [-0.4, -0.2) is 25.6 Å². The highest BCUT2D eigenvalue weighted by Gasteiger charge is 2.25. The Morgan fingerprint density at radius 3 is 2.54 bits per heavy atom. The van der Waals surface area contributed by atoms with Gasteiger partial charge in [0.2, 0.25) is 11.8 Å². The van der Waals surface area contributed by atoms with Crippen LogP contribution >= 0.6 is 11.6 Å². The number of fused-ring (bicyclic) bond motifs is 1. The SMILES string of the molecule is Cc1nnc(CN(Cc2cc3ccccc3nc2Cl)C(C)(C)C)o1. The lowest BCUT2D eigenvalue weighted by Crippen LogP contribution is -2.40. The molecule has 0 N–H and O–H groups in total. The number of hydrogen-bond acceptors (Lipinski definition) is 5. The zero-order valence-electron chi connectivity index (χ0n) is 14.4. The van der Waals surface area contributed by atoms with Gasteiger partial charge in [0.05, 0.1) is 12.1 Å². The number of rotatable bonds is 4. The third kappa shape index (κ3) is 3.74. The predicted molar refractivity (Wildman–Crippen MR) is 94.8 cm³/mol. The number of benzene rings is 1.